The van der Waals surface area contributed by atoms with E-state index < -0.39 is 0 Å². The quantitative estimate of drug-likeness (QED) is 0.514. The first kappa shape index (κ1) is 17.3. The molecule has 2 aromatic heterocycles. The van der Waals surface area contributed by atoms with E-state index in [4.69, 9.17) is 20.8 Å². The van der Waals surface area contributed by atoms with Crippen LogP contribution >= 0.6 is 11.6 Å². The van der Waals surface area contributed by atoms with E-state index in [2.05, 4.69) is 15.0 Å². The molecule has 7 heteroatoms. The zero-order chi connectivity index (χ0) is 19.1. The minimum atomic E-state index is 0.147. The van der Waals surface area contributed by atoms with Crippen LogP contribution in [0.4, 0.5) is 0 Å². The Kier molecular flexibility index (Phi) is 4.20. The van der Waals surface area contributed by atoms with Crippen molar-refractivity contribution in [1.82, 2.24) is 15.0 Å². The molecule has 0 spiro atoms. The van der Waals surface area contributed by atoms with Crippen molar-refractivity contribution in [2.75, 3.05) is 0 Å². The summed E-state index contributed by atoms with van der Waals surface area (Å²) in [6.07, 6.45) is 1.55. The van der Waals surface area contributed by atoms with Gasteiger partial charge in [-0.25, -0.2) is 9.97 Å². The molecule has 136 valence electrons. The maximum absolute atomic E-state index is 9.94. The molecule has 4 rings (SSSR count). The van der Waals surface area contributed by atoms with E-state index in [9.17, 15) is 5.11 Å². The molecule has 0 aliphatic rings. The van der Waals surface area contributed by atoms with Crippen LogP contribution in [0, 0.1) is 20.8 Å². The number of oxazole rings is 1. The fourth-order valence-corrected chi connectivity index (χ4v) is 2.92. The van der Waals surface area contributed by atoms with Crippen molar-refractivity contribution < 1.29 is 14.3 Å². The van der Waals surface area contributed by atoms with Crippen LogP contribution in [0.5, 0.6) is 17.5 Å². The van der Waals surface area contributed by atoms with Gasteiger partial charge >= 0.3 is 6.01 Å². The van der Waals surface area contributed by atoms with E-state index in [1.807, 2.05) is 39.0 Å². The number of rotatable bonds is 3. The summed E-state index contributed by atoms with van der Waals surface area (Å²) in [5.74, 6) is 1.25. The van der Waals surface area contributed by atoms with E-state index in [1.54, 1.807) is 18.3 Å². The van der Waals surface area contributed by atoms with Gasteiger partial charge in [-0.2, -0.15) is 4.98 Å². The van der Waals surface area contributed by atoms with Crippen LogP contribution in [0.25, 0.3) is 22.7 Å². The molecule has 0 aliphatic heterocycles. The molecule has 0 atom stereocenters. The Labute approximate surface area is 160 Å². The smallest absolute Gasteiger partial charge is 0.325 e. The maximum Gasteiger partial charge on any atom is 0.325 e. The molecule has 1 N–H and O–H groups in total. The van der Waals surface area contributed by atoms with Crippen LogP contribution in [0.2, 0.25) is 5.02 Å². The number of ether oxygens (including phenoxy) is 1. The maximum atomic E-state index is 9.94. The lowest BCUT2D eigenvalue weighted by atomic mass is 10.1. The van der Waals surface area contributed by atoms with Gasteiger partial charge in [-0.15, -0.1) is 0 Å². The Morgan fingerprint density at radius 1 is 1.00 bits per heavy atom. The first-order chi connectivity index (χ1) is 12.9. The van der Waals surface area contributed by atoms with Crippen LogP contribution in [-0.4, -0.2) is 20.1 Å². The van der Waals surface area contributed by atoms with Gasteiger partial charge in [0.25, 0.3) is 5.71 Å². The number of hydrogen-bond acceptors (Lipinski definition) is 6. The van der Waals surface area contributed by atoms with Gasteiger partial charge in [0.05, 0.1) is 6.20 Å². The number of nitrogens with zero attached hydrogens (tertiary/aromatic N) is 3. The average Bonchev–Trinajstić information content (AvgIpc) is 3.06. The largest absolute Gasteiger partial charge is 0.507 e. The highest BCUT2D eigenvalue weighted by Gasteiger charge is 2.14. The van der Waals surface area contributed by atoms with Gasteiger partial charge in [-0.3, -0.25) is 0 Å². The van der Waals surface area contributed by atoms with Crippen molar-refractivity contribution in [3.63, 3.8) is 0 Å². The van der Waals surface area contributed by atoms with Gasteiger partial charge in [0.1, 0.15) is 17.0 Å². The van der Waals surface area contributed by atoms with Crippen molar-refractivity contribution in [3.05, 3.63) is 58.2 Å². The number of phenolic OH excluding ortho intramolecular Hbond substituents is 1. The predicted molar refractivity (Wildman–Crippen MR) is 102 cm³/mol. The second kappa shape index (κ2) is 6.55. The summed E-state index contributed by atoms with van der Waals surface area (Å²) in [7, 11) is 0. The highest BCUT2D eigenvalue weighted by molar-refractivity contribution is 6.30. The first-order valence-corrected chi connectivity index (χ1v) is 8.66. The first-order valence-electron chi connectivity index (χ1n) is 8.29. The molecular weight excluding hydrogens is 366 g/mol. The molecule has 0 saturated carbocycles. The minimum absolute atomic E-state index is 0.147. The summed E-state index contributed by atoms with van der Waals surface area (Å²) in [6, 6.07) is 9.13. The Morgan fingerprint density at radius 3 is 2.48 bits per heavy atom. The van der Waals surface area contributed by atoms with Crippen LogP contribution in [0.3, 0.4) is 0 Å². The van der Waals surface area contributed by atoms with Gasteiger partial charge in [0.15, 0.2) is 0 Å². The zero-order valence-corrected chi connectivity index (χ0v) is 15.7. The van der Waals surface area contributed by atoms with Crippen molar-refractivity contribution in [2.24, 2.45) is 0 Å². The van der Waals surface area contributed by atoms with E-state index >= 15 is 0 Å². The Morgan fingerprint density at radius 2 is 1.74 bits per heavy atom. The van der Waals surface area contributed by atoms with Crippen LogP contribution < -0.4 is 4.74 Å². The highest BCUT2D eigenvalue weighted by atomic mass is 35.5. The zero-order valence-electron chi connectivity index (χ0n) is 14.9. The molecule has 0 saturated heterocycles. The normalized spacial score (nSPS) is 11.1. The lowest BCUT2D eigenvalue weighted by Crippen LogP contribution is -1.93. The number of hydrogen-bond donors (Lipinski definition) is 1. The van der Waals surface area contributed by atoms with Gasteiger partial charge in [0.2, 0.25) is 5.89 Å². The number of phenols is 1. The standard InChI is InChI=1S/C20H16ClN3O3/c1-10-4-5-14(21)8-16(10)26-20-22-9-15-19(24-20)27-18(23-15)13-6-11(2)17(25)12(3)7-13/h4-9,25H,1-3H3. The Hall–Kier alpha value is -3.12. The fourth-order valence-electron chi connectivity index (χ4n) is 2.75. The molecule has 0 unspecified atom stereocenters. The number of benzene rings is 2. The van der Waals surface area contributed by atoms with E-state index in [0.29, 0.717) is 27.9 Å². The number of aryl methyl sites for hydroxylation is 3. The molecule has 0 amide bonds. The summed E-state index contributed by atoms with van der Waals surface area (Å²) < 4.78 is 11.5. The van der Waals surface area contributed by atoms with Gasteiger partial charge in [-0.1, -0.05) is 17.7 Å². The molecule has 0 aliphatic carbocycles. The topological polar surface area (TPSA) is 81.3 Å². The van der Waals surface area contributed by atoms with Gasteiger partial charge < -0.3 is 14.3 Å². The third-order valence-electron chi connectivity index (χ3n) is 4.22. The molecule has 2 aromatic carbocycles. The molecule has 0 fully saturated rings. The summed E-state index contributed by atoms with van der Waals surface area (Å²) in [6.45, 7) is 5.56. The van der Waals surface area contributed by atoms with Crippen molar-refractivity contribution >= 4 is 22.8 Å². The van der Waals surface area contributed by atoms with Crippen molar-refractivity contribution in [2.45, 2.75) is 20.8 Å². The second-order valence-corrected chi connectivity index (χ2v) is 6.77. The second-order valence-electron chi connectivity index (χ2n) is 6.33. The molecule has 27 heavy (non-hydrogen) atoms. The third kappa shape index (κ3) is 3.31. The molecule has 0 radical (unpaired) electrons. The number of aromatic nitrogens is 3. The van der Waals surface area contributed by atoms with Crippen LogP contribution in [0.15, 0.2) is 40.9 Å². The Balaban J connectivity index is 1.71. The summed E-state index contributed by atoms with van der Waals surface area (Å²) >= 11 is 6.02. The van der Waals surface area contributed by atoms with E-state index in [-0.39, 0.29) is 11.8 Å². The molecule has 6 nitrogen and oxygen atoms in total. The molecule has 2 heterocycles. The van der Waals surface area contributed by atoms with Gasteiger partial charge in [0, 0.05) is 10.6 Å². The monoisotopic (exact) mass is 381 g/mol. The summed E-state index contributed by atoms with van der Waals surface area (Å²) in [5, 5.41) is 10.5. The lowest BCUT2D eigenvalue weighted by molar-refractivity contribution is 0.437. The summed E-state index contributed by atoms with van der Waals surface area (Å²) in [5.41, 5.74) is 4.00. The van der Waals surface area contributed by atoms with Crippen LogP contribution in [0.1, 0.15) is 16.7 Å². The third-order valence-corrected chi connectivity index (χ3v) is 4.45. The fraction of sp³-hybridized carbons (Fsp3) is 0.150. The number of halogens is 1. The summed E-state index contributed by atoms with van der Waals surface area (Å²) in [4.78, 5) is 12.9. The van der Waals surface area contributed by atoms with Crippen molar-refractivity contribution in [3.8, 4) is 29.0 Å². The molecule has 4 aromatic rings. The highest BCUT2D eigenvalue weighted by Crippen LogP contribution is 2.31. The molecular formula is C20H16ClN3O3. The predicted octanol–water partition coefficient (Wildman–Crippen LogP) is 5.36. The lowest BCUT2D eigenvalue weighted by Gasteiger charge is -2.06. The van der Waals surface area contributed by atoms with E-state index in [0.717, 1.165) is 22.3 Å². The number of fused-ring (bicyclic) bond motifs is 1. The molecule has 0 bridgehead atoms. The number of aromatic hydroxyl groups is 1. The Bertz CT molecular complexity index is 1150. The van der Waals surface area contributed by atoms with E-state index in [1.165, 1.54) is 0 Å². The van der Waals surface area contributed by atoms with Crippen molar-refractivity contribution in [1.29, 1.82) is 0 Å². The minimum Gasteiger partial charge on any atom is -0.507 e. The van der Waals surface area contributed by atoms with Gasteiger partial charge in [-0.05, 0) is 61.7 Å². The average molecular weight is 382 g/mol. The van der Waals surface area contributed by atoms with Crippen LogP contribution in [-0.2, 0) is 0 Å². The SMILES string of the molecule is Cc1ccc(Cl)cc1Oc1ncc2nc(-c3cc(C)c(O)c(C)c3)oc2n1.